The minimum atomic E-state index is -0.785. The molecule has 0 bridgehead atoms. The van der Waals surface area contributed by atoms with Crippen LogP contribution >= 0.6 is 11.3 Å². The van der Waals surface area contributed by atoms with Crippen LogP contribution in [0.25, 0.3) is 10.6 Å². The van der Waals surface area contributed by atoms with Gasteiger partial charge in [-0.2, -0.15) is 0 Å². The van der Waals surface area contributed by atoms with Gasteiger partial charge in [0.15, 0.2) is 0 Å². The van der Waals surface area contributed by atoms with Crippen LogP contribution in [0.15, 0.2) is 54.0 Å². The van der Waals surface area contributed by atoms with Crippen LogP contribution in [0.1, 0.15) is 10.4 Å². The van der Waals surface area contributed by atoms with Crippen LogP contribution in [0, 0.1) is 20.2 Å². The summed E-state index contributed by atoms with van der Waals surface area (Å²) >= 11 is 1.48. The lowest BCUT2D eigenvalue weighted by Crippen LogP contribution is -2.12. The van der Waals surface area contributed by atoms with Crippen molar-refractivity contribution >= 4 is 34.3 Å². The van der Waals surface area contributed by atoms with Gasteiger partial charge in [-0.1, -0.05) is 0 Å². The molecule has 0 unspecified atom stereocenters. The van der Waals surface area contributed by atoms with Gasteiger partial charge in [-0.15, -0.1) is 11.3 Å². The second kappa shape index (κ2) is 7.07. The number of nitrogens with zero attached hydrogens (tertiary/aromatic N) is 3. The van der Waals surface area contributed by atoms with E-state index in [1.165, 1.54) is 11.3 Å². The molecule has 0 saturated heterocycles. The molecule has 9 nitrogen and oxygen atoms in total. The second-order valence-electron chi connectivity index (χ2n) is 5.12. The fourth-order valence-electron chi connectivity index (χ4n) is 2.20. The first-order chi connectivity index (χ1) is 12.4. The Balaban J connectivity index is 1.83. The number of nitro groups is 2. The van der Waals surface area contributed by atoms with Gasteiger partial charge in [-0.05, 0) is 24.3 Å². The molecule has 3 aromatic rings. The smallest absolute Gasteiger partial charge is 0.277 e. The Morgan fingerprint density at radius 3 is 2.12 bits per heavy atom. The van der Waals surface area contributed by atoms with E-state index in [1.807, 2.05) is 5.38 Å². The van der Waals surface area contributed by atoms with Crippen molar-refractivity contribution in [3.63, 3.8) is 0 Å². The van der Waals surface area contributed by atoms with Crippen molar-refractivity contribution in [3.05, 3.63) is 79.8 Å². The lowest BCUT2D eigenvalue weighted by atomic mass is 10.1. The third kappa shape index (κ3) is 3.70. The molecule has 0 atom stereocenters. The number of rotatable bonds is 5. The predicted molar refractivity (Wildman–Crippen MR) is 95.3 cm³/mol. The van der Waals surface area contributed by atoms with E-state index in [0.29, 0.717) is 5.69 Å². The van der Waals surface area contributed by atoms with E-state index in [4.69, 9.17) is 0 Å². The quantitative estimate of drug-likeness (QED) is 0.536. The molecule has 130 valence electrons. The molecule has 0 fully saturated rings. The molecule has 3 rings (SSSR count). The summed E-state index contributed by atoms with van der Waals surface area (Å²) in [5.41, 5.74) is 0.107. The van der Waals surface area contributed by atoms with Gasteiger partial charge in [0.05, 0.1) is 21.5 Å². The molecule has 1 heterocycles. The second-order valence-corrected chi connectivity index (χ2v) is 6.02. The van der Waals surface area contributed by atoms with Gasteiger partial charge in [0, 0.05) is 35.0 Å². The number of nitro benzene ring substituents is 2. The van der Waals surface area contributed by atoms with Crippen LogP contribution in [0.2, 0.25) is 0 Å². The van der Waals surface area contributed by atoms with Gasteiger partial charge < -0.3 is 5.32 Å². The van der Waals surface area contributed by atoms with Crippen LogP contribution in [0.4, 0.5) is 17.1 Å². The van der Waals surface area contributed by atoms with Crippen molar-refractivity contribution in [1.29, 1.82) is 0 Å². The highest BCUT2D eigenvalue weighted by atomic mass is 32.1. The molecule has 0 aliphatic rings. The standard InChI is InChI=1S/C16H10N4O5S/c21-15(11-7-13(19(22)23)9-14(8-11)20(24)25)18-12-3-1-10(2-4-12)16-17-5-6-26-16/h1-9H,(H,18,21). The average molecular weight is 370 g/mol. The number of carbonyl (C=O) groups is 1. The van der Waals surface area contributed by atoms with Crippen molar-refractivity contribution in [2.24, 2.45) is 0 Å². The number of hydrogen-bond donors (Lipinski definition) is 1. The van der Waals surface area contributed by atoms with Gasteiger partial charge >= 0.3 is 0 Å². The first kappa shape index (κ1) is 17.2. The SMILES string of the molecule is O=C(Nc1ccc(-c2nccs2)cc1)c1cc([N+](=O)[O-])cc([N+](=O)[O-])c1. The number of hydrogen-bond acceptors (Lipinski definition) is 7. The molecule has 0 spiro atoms. The monoisotopic (exact) mass is 370 g/mol. The van der Waals surface area contributed by atoms with Crippen LogP contribution in [-0.2, 0) is 0 Å². The average Bonchev–Trinajstić information content (AvgIpc) is 3.16. The number of aromatic nitrogens is 1. The third-order valence-corrected chi connectivity index (χ3v) is 4.23. The summed E-state index contributed by atoms with van der Waals surface area (Å²) < 4.78 is 0. The normalized spacial score (nSPS) is 10.3. The lowest BCUT2D eigenvalue weighted by molar-refractivity contribution is -0.394. The van der Waals surface area contributed by atoms with E-state index >= 15 is 0 Å². The Hall–Kier alpha value is -3.66. The van der Waals surface area contributed by atoms with E-state index in [2.05, 4.69) is 10.3 Å². The lowest BCUT2D eigenvalue weighted by Gasteiger charge is -2.06. The van der Waals surface area contributed by atoms with Gasteiger partial charge in [-0.25, -0.2) is 4.98 Å². The number of anilines is 1. The summed E-state index contributed by atoms with van der Waals surface area (Å²) in [4.78, 5) is 36.7. The van der Waals surface area contributed by atoms with E-state index in [0.717, 1.165) is 28.8 Å². The van der Waals surface area contributed by atoms with Crippen LogP contribution in [0.5, 0.6) is 0 Å². The van der Waals surface area contributed by atoms with Gasteiger partial charge in [-0.3, -0.25) is 25.0 Å². The number of benzene rings is 2. The molecular weight excluding hydrogens is 360 g/mol. The van der Waals surface area contributed by atoms with E-state index in [-0.39, 0.29) is 5.56 Å². The van der Waals surface area contributed by atoms with E-state index in [9.17, 15) is 25.0 Å². The summed E-state index contributed by atoms with van der Waals surface area (Å²) in [7, 11) is 0. The molecule has 0 aliphatic carbocycles. The topological polar surface area (TPSA) is 128 Å². The largest absolute Gasteiger partial charge is 0.322 e. The minimum Gasteiger partial charge on any atom is -0.322 e. The van der Waals surface area contributed by atoms with Crippen molar-refractivity contribution in [3.8, 4) is 10.6 Å². The Bertz CT molecular complexity index is 954. The number of amides is 1. The van der Waals surface area contributed by atoms with Crippen LogP contribution in [-0.4, -0.2) is 20.7 Å². The predicted octanol–water partition coefficient (Wildman–Crippen LogP) is 3.88. The van der Waals surface area contributed by atoms with Gasteiger partial charge in [0.25, 0.3) is 17.3 Å². The summed E-state index contributed by atoms with van der Waals surface area (Å²) in [5, 5.41) is 27.1. The molecule has 0 saturated carbocycles. The van der Waals surface area contributed by atoms with Crippen LogP contribution < -0.4 is 5.32 Å². The Kier molecular flexibility index (Phi) is 4.67. The zero-order chi connectivity index (χ0) is 18.7. The molecule has 0 aliphatic heterocycles. The molecule has 26 heavy (non-hydrogen) atoms. The summed E-state index contributed by atoms with van der Waals surface area (Å²) in [5.74, 6) is -0.682. The van der Waals surface area contributed by atoms with Crippen molar-refractivity contribution in [1.82, 2.24) is 4.98 Å². The first-order valence-electron chi connectivity index (χ1n) is 7.19. The molecular formula is C16H10N4O5S. The zero-order valence-corrected chi connectivity index (χ0v) is 13.8. The van der Waals surface area contributed by atoms with E-state index < -0.39 is 27.1 Å². The molecule has 10 heteroatoms. The molecule has 2 aromatic carbocycles. The zero-order valence-electron chi connectivity index (χ0n) is 13.0. The van der Waals surface area contributed by atoms with Gasteiger partial charge in [0.2, 0.25) is 0 Å². The molecule has 1 aromatic heterocycles. The number of nitrogens with one attached hydrogen (secondary N) is 1. The first-order valence-corrected chi connectivity index (χ1v) is 8.07. The number of non-ortho nitro benzene ring substituents is 2. The fourth-order valence-corrected chi connectivity index (χ4v) is 2.85. The van der Waals surface area contributed by atoms with Crippen molar-refractivity contribution < 1.29 is 14.6 Å². The molecule has 1 amide bonds. The third-order valence-electron chi connectivity index (χ3n) is 3.41. The summed E-state index contributed by atoms with van der Waals surface area (Å²) in [6, 6.07) is 9.63. The highest BCUT2D eigenvalue weighted by Gasteiger charge is 2.20. The Labute approximate surface area is 150 Å². The maximum atomic E-state index is 12.3. The van der Waals surface area contributed by atoms with Gasteiger partial charge in [0.1, 0.15) is 5.01 Å². The fraction of sp³-hybridized carbons (Fsp3) is 0. The molecule has 0 radical (unpaired) electrons. The Morgan fingerprint density at radius 1 is 1.00 bits per heavy atom. The van der Waals surface area contributed by atoms with Crippen molar-refractivity contribution in [2.75, 3.05) is 5.32 Å². The minimum absolute atomic E-state index is 0.171. The highest BCUT2D eigenvalue weighted by Crippen LogP contribution is 2.25. The Morgan fingerprint density at radius 2 is 1.62 bits per heavy atom. The van der Waals surface area contributed by atoms with E-state index in [1.54, 1.807) is 30.5 Å². The summed E-state index contributed by atoms with van der Waals surface area (Å²) in [6.07, 6.45) is 1.69. The summed E-state index contributed by atoms with van der Waals surface area (Å²) in [6.45, 7) is 0. The highest BCUT2D eigenvalue weighted by molar-refractivity contribution is 7.13. The molecule has 1 N–H and O–H groups in total. The van der Waals surface area contributed by atoms with Crippen molar-refractivity contribution in [2.45, 2.75) is 0 Å². The number of thiazole rings is 1. The van der Waals surface area contributed by atoms with Crippen LogP contribution in [0.3, 0.4) is 0 Å². The maximum Gasteiger partial charge on any atom is 0.277 e. The number of carbonyl (C=O) groups excluding carboxylic acids is 1. The maximum absolute atomic E-state index is 12.3.